The SMILES string of the molecule is CCN(Cc1ccc(OC)c(F)c1)C(=O)CSc1nncn1-c1ccccc1F. The molecule has 0 unspecified atom stereocenters. The Kier molecular flexibility index (Phi) is 6.82. The third kappa shape index (κ3) is 4.92. The van der Waals surface area contributed by atoms with Gasteiger partial charge in [-0.1, -0.05) is 30.0 Å². The maximum absolute atomic E-state index is 14.0. The highest BCUT2D eigenvalue weighted by Gasteiger charge is 2.17. The van der Waals surface area contributed by atoms with Crippen molar-refractivity contribution in [3.05, 3.63) is 66.0 Å². The number of hydrogen-bond acceptors (Lipinski definition) is 5. The number of benzene rings is 2. The zero-order chi connectivity index (χ0) is 20.8. The minimum absolute atomic E-state index is 0.0968. The minimum Gasteiger partial charge on any atom is -0.494 e. The smallest absolute Gasteiger partial charge is 0.233 e. The maximum atomic E-state index is 14.0. The molecule has 0 bridgehead atoms. The molecule has 3 aromatic rings. The first-order valence-electron chi connectivity index (χ1n) is 8.91. The van der Waals surface area contributed by atoms with Crippen LogP contribution in [-0.4, -0.2) is 45.0 Å². The topological polar surface area (TPSA) is 60.2 Å². The summed E-state index contributed by atoms with van der Waals surface area (Å²) in [6.07, 6.45) is 1.41. The summed E-state index contributed by atoms with van der Waals surface area (Å²) in [5.41, 5.74) is 0.978. The molecule has 2 aromatic carbocycles. The molecule has 1 aromatic heterocycles. The molecule has 0 aliphatic carbocycles. The largest absolute Gasteiger partial charge is 0.494 e. The molecule has 0 atom stereocenters. The van der Waals surface area contributed by atoms with Crippen molar-refractivity contribution in [2.75, 3.05) is 19.4 Å². The van der Waals surface area contributed by atoms with Gasteiger partial charge in [-0.25, -0.2) is 8.78 Å². The van der Waals surface area contributed by atoms with Gasteiger partial charge in [0.2, 0.25) is 5.91 Å². The van der Waals surface area contributed by atoms with Crippen LogP contribution in [0.4, 0.5) is 8.78 Å². The quantitative estimate of drug-likeness (QED) is 0.522. The second kappa shape index (κ2) is 9.51. The van der Waals surface area contributed by atoms with Crippen LogP contribution in [0, 0.1) is 11.6 Å². The fraction of sp³-hybridized carbons (Fsp3) is 0.250. The molecule has 0 N–H and O–H groups in total. The number of carbonyl (C=O) groups excluding carboxylic acids is 1. The minimum atomic E-state index is -0.471. The number of carbonyl (C=O) groups is 1. The maximum Gasteiger partial charge on any atom is 0.233 e. The fourth-order valence-electron chi connectivity index (χ4n) is 2.76. The van der Waals surface area contributed by atoms with Crippen LogP contribution in [0.3, 0.4) is 0 Å². The molecule has 6 nitrogen and oxygen atoms in total. The number of nitrogens with zero attached hydrogens (tertiary/aromatic N) is 4. The van der Waals surface area contributed by atoms with E-state index in [9.17, 15) is 13.6 Å². The Morgan fingerprint density at radius 3 is 2.69 bits per heavy atom. The van der Waals surface area contributed by atoms with E-state index in [0.29, 0.717) is 23.0 Å². The van der Waals surface area contributed by atoms with Gasteiger partial charge in [-0.2, -0.15) is 0 Å². The average Bonchev–Trinajstić information content (AvgIpc) is 3.19. The molecule has 0 spiro atoms. The number of thioether (sulfide) groups is 1. The summed E-state index contributed by atoms with van der Waals surface area (Å²) < 4.78 is 34.4. The Hall–Kier alpha value is -2.94. The molecule has 1 heterocycles. The van der Waals surface area contributed by atoms with Crippen molar-refractivity contribution in [1.82, 2.24) is 19.7 Å². The van der Waals surface area contributed by atoms with E-state index < -0.39 is 11.6 Å². The number of amides is 1. The van der Waals surface area contributed by atoms with E-state index in [1.807, 2.05) is 6.92 Å². The molecule has 29 heavy (non-hydrogen) atoms. The summed E-state index contributed by atoms with van der Waals surface area (Å²) in [4.78, 5) is 14.3. The van der Waals surface area contributed by atoms with E-state index in [1.54, 1.807) is 29.2 Å². The Bertz CT molecular complexity index is 996. The van der Waals surface area contributed by atoms with Crippen molar-refractivity contribution in [3.63, 3.8) is 0 Å². The second-order valence-corrected chi connectivity index (χ2v) is 7.04. The van der Waals surface area contributed by atoms with Gasteiger partial charge in [0.15, 0.2) is 16.7 Å². The molecule has 1 amide bonds. The number of hydrogen-bond donors (Lipinski definition) is 0. The zero-order valence-electron chi connectivity index (χ0n) is 16.0. The van der Waals surface area contributed by atoms with Crippen LogP contribution in [-0.2, 0) is 11.3 Å². The van der Waals surface area contributed by atoms with Gasteiger partial charge in [-0.3, -0.25) is 9.36 Å². The predicted molar refractivity (Wildman–Crippen MR) is 106 cm³/mol. The number of methoxy groups -OCH3 is 1. The van der Waals surface area contributed by atoms with Gasteiger partial charge in [0.05, 0.1) is 18.6 Å². The number of aromatic nitrogens is 3. The lowest BCUT2D eigenvalue weighted by Crippen LogP contribution is -2.31. The predicted octanol–water partition coefficient (Wildman–Crippen LogP) is 3.69. The number of ether oxygens (including phenoxy) is 1. The van der Waals surface area contributed by atoms with Crippen LogP contribution in [0.1, 0.15) is 12.5 Å². The van der Waals surface area contributed by atoms with Crippen LogP contribution >= 0.6 is 11.8 Å². The van der Waals surface area contributed by atoms with Crippen molar-refractivity contribution in [3.8, 4) is 11.4 Å². The lowest BCUT2D eigenvalue weighted by molar-refractivity contribution is -0.128. The summed E-state index contributed by atoms with van der Waals surface area (Å²) >= 11 is 1.17. The fourth-order valence-corrected chi connectivity index (χ4v) is 3.58. The Balaban J connectivity index is 1.66. The van der Waals surface area contributed by atoms with E-state index in [0.717, 1.165) is 0 Å². The van der Waals surface area contributed by atoms with Gasteiger partial charge >= 0.3 is 0 Å². The molecular weight excluding hydrogens is 398 g/mol. The molecule has 0 radical (unpaired) electrons. The first-order valence-corrected chi connectivity index (χ1v) is 9.90. The average molecular weight is 418 g/mol. The normalized spacial score (nSPS) is 10.8. The molecule has 0 saturated carbocycles. The van der Waals surface area contributed by atoms with E-state index in [4.69, 9.17) is 4.74 Å². The molecule has 3 rings (SSSR count). The molecule has 0 fully saturated rings. The first kappa shape index (κ1) is 20.8. The van der Waals surface area contributed by atoms with Crippen molar-refractivity contribution in [1.29, 1.82) is 0 Å². The molecular formula is C20H20F2N4O2S. The van der Waals surface area contributed by atoms with Gasteiger partial charge < -0.3 is 9.64 Å². The molecule has 152 valence electrons. The van der Waals surface area contributed by atoms with Crippen molar-refractivity contribution >= 4 is 17.7 Å². The molecule has 0 aliphatic heterocycles. The van der Waals surface area contributed by atoms with Gasteiger partial charge in [0.25, 0.3) is 0 Å². The van der Waals surface area contributed by atoms with Crippen LogP contribution in [0.5, 0.6) is 5.75 Å². The van der Waals surface area contributed by atoms with E-state index >= 15 is 0 Å². The number of rotatable bonds is 8. The Morgan fingerprint density at radius 1 is 1.21 bits per heavy atom. The highest BCUT2D eigenvalue weighted by molar-refractivity contribution is 7.99. The van der Waals surface area contributed by atoms with Crippen LogP contribution in [0.15, 0.2) is 53.9 Å². The Morgan fingerprint density at radius 2 is 2.00 bits per heavy atom. The highest BCUT2D eigenvalue weighted by Crippen LogP contribution is 2.23. The van der Waals surface area contributed by atoms with E-state index in [-0.39, 0.29) is 24.0 Å². The standard InChI is InChI=1S/C20H20F2N4O2S/c1-3-25(11-14-8-9-18(28-2)16(22)10-14)19(27)12-29-20-24-23-13-26(20)17-7-5-4-6-15(17)21/h4-10,13H,3,11-12H2,1-2H3. The highest BCUT2D eigenvalue weighted by atomic mass is 32.2. The lowest BCUT2D eigenvalue weighted by atomic mass is 10.2. The van der Waals surface area contributed by atoms with Crippen molar-refractivity contribution in [2.45, 2.75) is 18.6 Å². The summed E-state index contributed by atoms with van der Waals surface area (Å²) in [6, 6.07) is 10.9. The van der Waals surface area contributed by atoms with Gasteiger partial charge in [-0.05, 0) is 36.8 Å². The first-order chi connectivity index (χ1) is 14.0. The Labute approximate surface area is 171 Å². The summed E-state index contributed by atoms with van der Waals surface area (Å²) in [5, 5.41) is 8.22. The summed E-state index contributed by atoms with van der Waals surface area (Å²) in [6.45, 7) is 2.59. The second-order valence-electron chi connectivity index (χ2n) is 6.10. The van der Waals surface area contributed by atoms with Crippen molar-refractivity contribution < 1.29 is 18.3 Å². The number of para-hydroxylation sites is 1. The number of halogens is 2. The van der Waals surface area contributed by atoms with Gasteiger partial charge in [0.1, 0.15) is 12.1 Å². The molecule has 9 heteroatoms. The molecule has 0 aliphatic rings. The van der Waals surface area contributed by atoms with Gasteiger partial charge in [-0.15, -0.1) is 10.2 Å². The van der Waals surface area contributed by atoms with E-state index in [2.05, 4.69) is 10.2 Å². The van der Waals surface area contributed by atoms with Crippen LogP contribution < -0.4 is 4.74 Å². The summed E-state index contributed by atoms with van der Waals surface area (Å²) in [5.74, 6) is -0.763. The van der Waals surface area contributed by atoms with Crippen LogP contribution in [0.25, 0.3) is 5.69 Å². The third-order valence-corrected chi connectivity index (χ3v) is 5.21. The third-order valence-electron chi connectivity index (χ3n) is 4.28. The van der Waals surface area contributed by atoms with E-state index in [1.165, 1.54) is 48.0 Å². The molecule has 0 saturated heterocycles. The van der Waals surface area contributed by atoms with Crippen LogP contribution in [0.2, 0.25) is 0 Å². The zero-order valence-corrected chi connectivity index (χ0v) is 16.8. The lowest BCUT2D eigenvalue weighted by Gasteiger charge is -2.21. The van der Waals surface area contributed by atoms with Crippen molar-refractivity contribution in [2.24, 2.45) is 0 Å². The monoisotopic (exact) mass is 418 g/mol. The van der Waals surface area contributed by atoms with Gasteiger partial charge in [0, 0.05) is 13.1 Å². The summed E-state index contributed by atoms with van der Waals surface area (Å²) in [7, 11) is 1.40.